The molecule has 32 heavy (non-hydrogen) atoms. The van der Waals surface area contributed by atoms with Gasteiger partial charge in [0.25, 0.3) is 5.91 Å². The summed E-state index contributed by atoms with van der Waals surface area (Å²) in [6, 6.07) is 4.33. The first-order valence-corrected chi connectivity index (χ1v) is 11.3. The third kappa shape index (κ3) is 5.37. The van der Waals surface area contributed by atoms with E-state index in [-0.39, 0.29) is 11.9 Å². The first-order chi connectivity index (χ1) is 15.1. The van der Waals surface area contributed by atoms with Gasteiger partial charge in [0.1, 0.15) is 5.00 Å². The molecule has 1 aliphatic heterocycles. The predicted octanol–water partition coefficient (Wildman–Crippen LogP) is 4.07. The second-order valence-electron chi connectivity index (χ2n) is 8.80. The normalized spacial score (nSPS) is 16.8. The molecule has 3 rings (SSSR count). The van der Waals surface area contributed by atoms with Crippen molar-refractivity contribution in [1.82, 2.24) is 14.8 Å². The summed E-state index contributed by atoms with van der Waals surface area (Å²) in [5, 5.41) is 12.8. The van der Waals surface area contributed by atoms with E-state index in [2.05, 4.69) is 10.3 Å². The standard InChI is InChI=1S/C22H29N5O4S/c1-22(2,3)27(21(30)31)15-6-4-5-11-26(13-15)19(28)16-12-17(14-7-9-24-10-8-14)32-18(16)25-20(23)29/h7-10,12,15H,4-6,11,13H2,1-3H3,(H,30,31)(H3,23,25,29)/t15-/m0/s1. The minimum atomic E-state index is -0.997. The lowest BCUT2D eigenvalue weighted by molar-refractivity contribution is 0.0488. The Balaban J connectivity index is 1.93. The van der Waals surface area contributed by atoms with Crippen LogP contribution in [0.1, 0.15) is 50.4 Å². The molecule has 0 bridgehead atoms. The molecule has 0 saturated carbocycles. The van der Waals surface area contributed by atoms with Crippen LogP contribution in [-0.4, -0.2) is 62.6 Å². The lowest BCUT2D eigenvalue weighted by Crippen LogP contribution is -2.54. The summed E-state index contributed by atoms with van der Waals surface area (Å²) in [7, 11) is 0. The fraction of sp³-hybridized carbons (Fsp3) is 0.455. The number of nitrogens with one attached hydrogen (secondary N) is 1. The molecule has 0 radical (unpaired) electrons. The zero-order valence-electron chi connectivity index (χ0n) is 18.5. The van der Waals surface area contributed by atoms with Crippen LogP contribution in [0.5, 0.6) is 0 Å². The number of pyridine rings is 1. The van der Waals surface area contributed by atoms with Gasteiger partial charge in [0.15, 0.2) is 0 Å². The molecule has 4 amide bonds. The van der Waals surface area contributed by atoms with Gasteiger partial charge in [-0.25, -0.2) is 9.59 Å². The second kappa shape index (κ2) is 9.56. The Kier molecular flexibility index (Phi) is 7.02. The van der Waals surface area contributed by atoms with Crippen LogP contribution in [0.25, 0.3) is 10.4 Å². The largest absolute Gasteiger partial charge is 0.465 e. The summed E-state index contributed by atoms with van der Waals surface area (Å²) in [5.74, 6) is -0.253. The number of anilines is 1. The Bertz CT molecular complexity index is 986. The second-order valence-corrected chi connectivity index (χ2v) is 9.85. The highest BCUT2D eigenvalue weighted by atomic mass is 32.1. The number of thiophene rings is 1. The van der Waals surface area contributed by atoms with Gasteiger partial charge in [-0.2, -0.15) is 0 Å². The van der Waals surface area contributed by atoms with E-state index in [9.17, 15) is 19.5 Å². The van der Waals surface area contributed by atoms with Crippen molar-refractivity contribution in [2.45, 2.75) is 51.6 Å². The van der Waals surface area contributed by atoms with E-state index >= 15 is 0 Å². The average Bonchev–Trinajstić information content (AvgIpc) is 2.96. The predicted molar refractivity (Wildman–Crippen MR) is 124 cm³/mol. The van der Waals surface area contributed by atoms with E-state index < -0.39 is 17.7 Å². The molecule has 2 aromatic heterocycles. The molecule has 0 unspecified atom stereocenters. The molecule has 1 saturated heterocycles. The Morgan fingerprint density at radius 3 is 2.53 bits per heavy atom. The number of hydrogen-bond donors (Lipinski definition) is 3. The lowest BCUT2D eigenvalue weighted by atomic mass is 10.0. The number of carbonyl (C=O) groups excluding carboxylic acids is 2. The lowest BCUT2D eigenvalue weighted by Gasteiger charge is -2.40. The highest BCUT2D eigenvalue weighted by molar-refractivity contribution is 7.20. The molecule has 4 N–H and O–H groups in total. The topological polar surface area (TPSA) is 129 Å². The fourth-order valence-corrected chi connectivity index (χ4v) is 5.15. The van der Waals surface area contributed by atoms with Crippen LogP contribution in [0.15, 0.2) is 30.6 Å². The number of carbonyl (C=O) groups is 3. The third-order valence-electron chi connectivity index (χ3n) is 5.39. The first-order valence-electron chi connectivity index (χ1n) is 10.5. The molecule has 3 heterocycles. The van der Waals surface area contributed by atoms with Gasteiger partial charge < -0.3 is 15.7 Å². The van der Waals surface area contributed by atoms with Crippen molar-refractivity contribution in [3.05, 3.63) is 36.2 Å². The number of primary amides is 1. The van der Waals surface area contributed by atoms with Crippen LogP contribution in [0.2, 0.25) is 0 Å². The molecule has 1 aliphatic rings. The van der Waals surface area contributed by atoms with Gasteiger partial charge in [-0.1, -0.05) is 0 Å². The molecule has 0 aliphatic carbocycles. The Labute approximate surface area is 191 Å². The van der Waals surface area contributed by atoms with Crippen LogP contribution >= 0.6 is 11.3 Å². The van der Waals surface area contributed by atoms with Gasteiger partial charge >= 0.3 is 12.1 Å². The van der Waals surface area contributed by atoms with Crippen LogP contribution in [0.3, 0.4) is 0 Å². The molecular weight excluding hydrogens is 430 g/mol. The number of hydrogen-bond acceptors (Lipinski definition) is 5. The first kappa shape index (κ1) is 23.5. The third-order valence-corrected chi connectivity index (χ3v) is 6.49. The van der Waals surface area contributed by atoms with Crippen molar-refractivity contribution in [2.24, 2.45) is 5.73 Å². The van der Waals surface area contributed by atoms with Gasteiger partial charge in [0.05, 0.1) is 11.6 Å². The number of rotatable bonds is 4. The summed E-state index contributed by atoms with van der Waals surface area (Å²) in [5.41, 5.74) is 5.96. The van der Waals surface area contributed by atoms with Crippen molar-refractivity contribution in [3.8, 4) is 10.4 Å². The molecule has 2 aromatic rings. The van der Waals surface area contributed by atoms with E-state index in [1.807, 2.05) is 32.9 Å². The number of aromatic nitrogens is 1. The van der Waals surface area contributed by atoms with E-state index in [1.54, 1.807) is 23.4 Å². The molecule has 172 valence electrons. The Morgan fingerprint density at radius 1 is 1.25 bits per heavy atom. The number of nitrogens with two attached hydrogens (primary N) is 1. The number of amides is 4. The van der Waals surface area contributed by atoms with E-state index in [0.717, 1.165) is 23.3 Å². The van der Waals surface area contributed by atoms with Gasteiger partial charge in [-0.05, 0) is 63.8 Å². The molecule has 1 fully saturated rings. The summed E-state index contributed by atoms with van der Waals surface area (Å²) in [6.07, 6.45) is 4.61. The van der Waals surface area contributed by atoms with Crippen molar-refractivity contribution in [2.75, 3.05) is 18.4 Å². The molecular formula is C22H29N5O4S. The van der Waals surface area contributed by atoms with E-state index in [1.165, 1.54) is 16.2 Å². The smallest absolute Gasteiger partial charge is 0.408 e. The summed E-state index contributed by atoms with van der Waals surface area (Å²) in [6.45, 7) is 6.37. The SMILES string of the molecule is CC(C)(C)N(C(=O)O)[C@H]1CCCCN(C(=O)c2cc(-c3ccncc3)sc2NC(N)=O)C1. The molecule has 0 spiro atoms. The number of nitrogens with zero attached hydrogens (tertiary/aromatic N) is 3. The van der Waals surface area contributed by atoms with Gasteiger partial charge in [0, 0.05) is 35.9 Å². The highest BCUT2D eigenvalue weighted by Gasteiger charge is 2.36. The number of urea groups is 1. The Morgan fingerprint density at radius 2 is 1.94 bits per heavy atom. The number of carboxylic acid groups (broad SMARTS) is 1. The van der Waals surface area contributed by atoms with Crippen molar-refractivity contribution < 1.29 is 19.5 Å². The van der Waals surface area contributed by atoms with Gasteiger partial charge in [-0.3, -0.25) is 20.0 Å². The summed E-state index contributed by atoms with van der Waals surface area (Å²) >= 11 is 1.26. The quantitative estimate of drug-likeness (QED) is 0.635. The van der Waals surface area contributed by atoms with Crippen LogP contribution in [0, 0.1) is 0 Å². The zero-order valence-corrected chi connectivity index (χ0v) is 19.3. The fourth-order valence-electron chi connectivity index (χ4n) is 4.09. The molecule has 10 heteroatoms. The van der Waals surface area contributed by atoms with Gasteiger partial charge in [-0.15, -0.1) is 11.3 Å². The molecule has 1 atom stereocenters. The minimum absolute atomic E-state index is 0.253. The molecule has 0 aromatic carbocycles. The van der Waals surface area contributed by atoms with Crippen molar-refractivity contribution in [3.63, 3.8) is 0 Å². The Hall–Kier alpha value is -3.14. The van der Waals surface area contributed by atoms with E-state index in [4.69, 9.17) is 5.73 Å². The molecule has 9 nitrogen and oxygen atoms in total. The monoisotopic (exact) mass is 459 g/mol. The average molecular weight is 460 g/mol. The maximum atomic E-state index is 13.5. The highest BCUT2D eigenvalue weighted by Crippen LogP contribution is 2.36. The van der Waals surface area contributed by atoms with E-state index in [0.29, 0.717) is 30.1 Å². The maximum Gasteiger partial charge on any atom is 0.408 e. The van der Waals surface area contributed by atoms with Gasteiger partial charge in [0.2, 0.25) is 0 Å². The summed E-state index contributed by atoms with van der Waals surface area (Å²) in [4.78, 5) is 45.0. The maximum absolute atomic E-state index is 13.5. The van der Waals surface area contributed by atoms with Crippen LogP contribution in [-0.2, 0) is 0 Å². The van der Waals surface area contributed by atoms with Crippen LogP contribution in [0.4, 0.5) is 14.6 Å². The van der Waals surface area contributed by atoms with Crippen molar-refractivity contribution >= 4 is 34.4 Å². The van der Waals surface area contributed by atoms with Crippen molar-refractivity contribution in [1.29, 1.82) is 0 Å². The van der Waals surface area contributed by atoms with Crippen LogP contribution < -0.4 is 11.1 Å². The number of likely N-dealkylation sites (tertiary alicyclic amines) is 1. The zero-order chi connectivity index (χ0) is 23.5. The minimum Gasteiger partial charge on any atom is -0.465 e. The summed E-state index contributed by atoms with van der Waals surface area (Å²) < 4.78 is 0.